The molecule has 5 nitrogen and oxygen atoms in total. The molecule has 3 aromatic rings. The van der Waals surface area contributed by atoms with Gasteiger partial charge in [-0.3, -0.25) is 4.79 Å². The van der Waals surface area contributed by atoms with Crippen LogP contribution >= 0.6 is 0 Å². The number of fused-ring (bicyclic) bond motifs is 1. The van der Waals surface area contributed by atoms with E-state index in [2.05, 4.69) is 10.3 Å². The van der Waals surface area contributed by atoms with Crippen molar-refractivity contribution in [3.63, 3.8) is 0 Å². The first-order valence-electron chi connectivity index (χ1n) is 6.63. The van der Waals surface area contributed by atoms with Gasteiger partial charge in [0.2, 0.25) is 0 Å². The van der Waals surface area contributed by atoms with E-state index in [0.29, 0.717) is 11.3 Å². The highest BCUT2D eigenvalue weighted by atomic mass is 32.2. The smallest absolute Gasteiger partial charge is 0.257 e. The maximum atomic E-state index is 12.3. The molecule has 0 saturated carbocycles. The first kappa shape index (κ1) is 14.3. The third kappa shape index (κ3) is 2.73. The van der Waals surface area contributed by atoms with Crippen LogP contribution in [0.2, 0.25) is 0 Å². The Balaban J connectivity index is 1.85. The zero-order chi connectivity index (χ0) is 15.7. The van der Waals surface area contributed by atoms with Crippen LogP contribution in [-0.2, 0) is 9.84 Å². The second-order valence-corrected chi connectivity index (χ2v) is 7.01. The summed E-state index contributed by atoms with van der Waals surface area (Å²) in [6, 6.07) is 13.6. The Hall–Kier alpha value is -2.60. The van der Waals surface area contributed by atoms with Gasteiger partial charge in [0, 0.05) is 29.0 Å². The number of amides is 1. The number of anilines is 1. The van der Waals surface area contributed by atoms with Gasteiger partial charge in [0.25, 0.3) is 5.91 Å². The van der Waals surface area contributed by atoms with Gasteiger partial charge in [-0.15, -0.1) is 0 Å². The van der Waals surface area contributed by atoms with Gasteiger partial charge >= 0.3 is 0 Å². The van der Waals surface area contributed by atoms with Crippen molar-refractivity contribution in [2.24, 2.45) is 0 Å². The summed E-state index contributed by atoms with van der Waals surface area (Å²) in [7, 11) is -3.24. The molecule has 22 heavy (non-hydrogen) atoms. The second-order valence-electron chi connectivity index (χ2n) is 5.00. The summed E-state index contributed by atoms with van der Waals surface area (Å²) in [5.74, 6) is -0.246. The summed E-state index contributed by atoms with van der Waals surface area (Å²) in [4.78, 5) is 15.6. The quantitative estimate of drug-likeness (QED) is 0.780. The zero-order valence-electron chi connectivity index (χ0n) is 11.8. The first-order valence-corrected chi connectivity index (χ1v) is 8.52. The fourth-order valence-electron chi connectivity index (χ4n) is 2.24. The predicted molar refractivity (Wildman–Crippen MR) is 85.8 cm³/mol. The Kier molecular flexibility index (Phi) is 3.46. The predicted octanol–water partition coefficient (Wildman–Crippen LogP) is 2.82. The molecule has 6 heteroatoms. The van der Waals surface area contributed by atoms with E-state index >= 15 is 0 Å². The normalized spacial score (nSPS) is 11.5. The average Bonchev–Trinajstić information content (AvgIpc) is 2.91. The molecule has 0 saturated heterocycles. The molecule has 0 bridgehead atoms. The number of para-hydroxylation sites is 1. The minimum Gasteiger partial charge on any atom is -0.360 e. The van der Waals surface area contributed by atoms with Crippen LogP contribution in [0.4, 0.5) is 5.69 Å². The van der Waals surface area contributed by atoms with Gasteiger partial charge in [0.05, 0.1) is 10.5 Å². The number of hydrogen-bond donors (Lipinski definition) is 2. The number of carbonyl (C=O) groups is 1. The molecule has 0 radical (unpaired) electrons. The lowest BCUT2D eigenvalue weighted by molar-refractivity contribution is 0.102. The number of hydrogen-bond acceptors (Lipinski definition) is 3. The largest absolute Gasteiger partial charge is 0.360 e. The molecule has 1 amide bonds. The van der Waals surface area contributed by atoms with E-state index in [1.54, 1.807) is 18.3 Å². The minimum absolute atomic E-state index is 0.220. The average molecular weight is 314 g/mol. The third-order valence-corrected chi connectivity index (χ3v) is 4.50. The molecule has 2 aromatic carbocycles. The van der Waals surface area contributed by atoms with E-state index in [9.17, 15) is 13.2 Å². The molecule has 0 aliphatic carbocycles. The van der Waals surface area contributed by atoms with Crippen molar-refractivity contribution in [1.82, 2.24) is 4.98 Å². The molecule has 2 N–H and O–H groups in total. The topological polar surface area (TPSA) is 79.0 Å². The summed E-state index contributed by atoms with van der Waals surface area (Å²) in [5, 5.41) is 3.60. The van der Waals surface area contributed by atoms with Crippen molar-refractivity contribution >= 4 is 32.3 Å². The molecule has 0 aliphatic rings. The fraction of sp³-hybridized carbons (Fsp3) is 0.0625. The summed E-state index contributed by atoms with van der Waals surface area (Å²) in [6.45, 7) is 0. The lowest BCUT2D eigenvalue weighted by Gasteiger charge is -2.05. The van der Waals surface area contributed by atoms with E-state index in [0.717, 1.165) is 17.2 Å². The summed E-state index contributed by atoms with van der Waals surface area (Å²) in [6.07, 6.45) is 2.80. The van der Waals surface area contributed by atoms with E-state index < -0.39 is 9.84 Å². The Morgan fingerprint density at radius 2 is 1.73 bits per heavy atom. The minimum atomic E-state index is -3.24. The fourth-order valence-corrected chi connectivity index (χ4v) is 2.87. The van der Waals surface area contributed by atoms with Crippen LogP contribution in [0.1, 0.15) is 10.4 Å². The summed E-state index contributed by atoms with van der Waals surface area (Å²) >= 11 is 0. The number of rotatable bonds is 3. The number of nitrogens with one attached hydrogen (secondary N) is 2. The molecule has 0 aliphatic heterocycles. The molecule has 0 unspecified atom stereocenters. The van der Waals surface area contributed by atoms with Crippen LogP contribution in [0.5, 0.6) is 0 Å². The number of benzene rings is 2. The number of sulfone groups is 1. The van der Waals surface area contributed by atoms with Crippen LogP contribution in [0.25, 0.3) is 10.9 Å². The SMILES string of the molecule is CS(=O)(=O)c1ccc(NC(=O)c2c[nH]c3ccccc23)cc1. The Labute approximate surface area is 127 Å². The highest BCUT2D eigenvalue weighted by molar-refractivity contribution is 7.90. The summed E-state index contributed by atoms with van der Waals surface area (Å²) < 4.78 is 22.8. The van der Waals surface area contributed by atoms with Crippen LogP contribution in [0, 0.1) is 0 Å². The molecule has 1 aromatic heterocycles. The number of aromatic nitrogens is 1. The van der Waals surface area contributed by atoms with Gasteiger partial charge in [-0.1, -0.05) is 18.2 Å². The Bertz CT molecular complexity index is 941. The molecular weight excluding hydrogens is 300 g/mol. The van der Waals surface area contributed by atoms with E-state index in [1.807, 2.05) is 24.3 Å². The van der Waals surface area contributed by atoms with Crippen molar-refractivity contribution < 1.29 is 13.2 Å². The lowest BCUT2D eigenvalue weighted by atomic mass is 10.1. The molecule has 1 heterocycles. The standard InChI is InChI=1S/C16H14N2O3S/c1-22(20,21)12-8-6-11(7-9-12)18-16(19)14-10-17-15-5-3-2-4-13(14)15/h2-10,17H,1H3,(H,18,19). The maximum absolute atomic E-state index is 12.3. The monoisotopic (exact) mass is 314 g/mol. The van der Waals surface area contributed by atoms with Gasteiger partial charge in [0.15, 0.2) is 9.84 Å². The van der Waals surface area contributed by atoms with Gasteiger partial charge in [0.1, 0.15) is 0 Å². The molecule has 0 spiro atoms. The van der Waals surface area contributed by atoms with Crippen LogP contribution < -0.4 is 5.32 Å². The van der Waals surface area contributed by atoms with Crippen LogP contribution in [0.3, 0.4) is 0 Å². The molecule has 3 rings (SSSR count). The molecule has 112 valence electrons. The van der Waals surface area contributed by atoms with E-state index in [4.69, 9.17) is 0 Å². The number of H-pyrrole nitrogens is 1. The van der Waals surface area contributed by atoms with Crippen molar-refractivity contribution in [3.8, 4) is 0 Å². The Morgan fingerprint density at radius 3 is 2.41 bits per heavy atom. The Morgan fingerprint density at radius 1 is 1.05 bits per heavy atom. The molecule has 0 fully saturated rings. The van der Waals surface area contributed by atoms with Crippen LogP contribution in [0.15, 0.2) is 59.6 Å². The number of carbonyl (C=O) groups excluding carboxylic acids is 1. The van der Waals surface area contributed by atoms with E-state index in [-0.39, 0.29) is 10.8 Å². The van der Waals surface area contributed by atoms with Gasteiger partial charge < -0.3 is 10.3 Å². The molecular formula is C16H14N2O3S. The summed E-state index contributed by atoms with van der Waals surface area (Å²) in [5.41, 5.74) is 1.98. The zero-order valence-corrected chi connectivity index (χ0v) is 12.6. The van der Waals surface area contributed by atoms with Crippen LogP contribution in [-0.4, -0.2) is 25.6 Å². The van der Waals surface area contributed by atoms with Gasteiger partial charge in [-0.2, -0.15) is 0 Å². The van der Waals surface area contributed by atoms with Crippen molar-refractivity contribution in [3.05, 3.63) is 60.3 Å². The molecule has 0 atom stereocenters. The van der Waals surface area contributed by atoms with Gasteiger partial charge in [-0.05, 0) is 30.3 Å². The van der Waals surface area contributed by atoms with E-state index in [1.165, 1.54) is 12.1 Å². The highest BCUT2D eigenvalue weighted by Gasteiger charge is 2.12. The van der Waals surface area contributed by atoms with Crippen molar-refractivity contribution in [2.75, 3.05) is 11.6 Å². The first-order chi connectivity index (χ1) is 10.4. The third-order valence-electron chi connectivity index (χ3n) is 3.37. The lowest BCUT2D eigenvalue weighted by Crippen LogP contribution is -2.11. The van der Waals surface area contributed by atoms with Crippen molar-refractivity contribution in [1.29, 1.82) is 0 Å². The van der Waals surface area contributed by atoms with Gasteiger partial charge in [-0.25, -0.2) is 8.42 Å². The highest BCUT2D eigenvalue weighted by Crippen LogP contribution is 2.20. The number of aromatic amines is 1. The second kappa shape index (κ2) is 5.31. The maximum Gasteiger partial charge on any atom is 0.257 e. The van der Waals surface area contributed by atoms with Crippen molar-refractivity contribution in [2.45, 2.75) is 4.90 Å².